The number of carbonyl (C=O) groups excluding carboxylic acids is 7. The number of amides is 5. The zero-order valence-corrected chi connectivity index (χ0v) is 45.2. The Balaban J connectivity index is 0.000000475. The number of hydrogen-bond donors (Lipinski definition) is 2. The van der Waals surface area contributed by atoms with Crippen molar-refractivity contribution >= 4 is 41.5 Å². The molecule has 0 aromatic heterocycles. The number of piperidine rings is 2. The van der Waals surface area contributed by atoms with Crippen LogP contribution < -0.4 is 10.6 Å². The molecule has 5 amide bonds. The van der Waals surface area contributed by atoms with E-state index in [0.717, 1.165) is 58.0 Å². The summed E-state index contributed by atoms with van der Waals surface area (Å²) in [5.41, 5.74) is -0.0155. The molecule has 2 N–H and O–H groups in total. The normalized spacial score (nSPS) is 21.7. The lowest BCUT2D eigenvalue weighted by Gasteiger charge is -2.39. The van der Waals surface area contributed by atoms with E-state index in [2.05, 4.69) is 20.4 Å². The predicted molar refractivity (Wildman–Crippen MR) is 267 cm³/mol. The van der Waals surface area contributed by atoms with Gasteiger partial charge >= 0.3 is 11.9 Å². The molecule has 3 aliphatic heterocycles. The Morgan fingerprint density at radius 1 is 0.632 bits per heavy atom. The fourth-order valence-corrected chi connectivity index (χ4v) is 9.30. The number of nitrogens with zero attached hydrogens (tertiary/aromatic N) is 5. The maximum Gasteiger partial charge on any atom is 0.333 e. The Bertz CT molecular complexity index is 1800. The van der Waals surface area contributed by atoms with Gasteiger partial charge in [0.1, 0.15) is 18.1 Å². The molecule has 388 valence electrons. The number of rotatable bonds is 16. The van der Waals surface area contributed by atoms with Crippen LogP contribution in [0.4, 0.5) is 0 Å². The molecular formula is C52H91N7O9. The van der Waals surface area contributed by atoms with Gasteiger partial charge in [0.25, 0.3) is 0 Å². The Morgan fingerprint density at radius 2 is 1.03 bits per heavy atom. The summed E-state index contributed by atoms with van der Waals surface area (Å²) < 4.78 is 9.96. The molecule has 0 bridgehead atoms. The zero-order chi connectivity index (χ0) is 52.0. The number of ether oxygens (including phenoxy) is 2. The van der Waals surface area contributed by atoms with Gasteiger partial charge < -0.3 is 34.8 Å². The van der Waals surface area contributed by atoms with Gasteiger partial charge in [0.05, 0.1) is 37.9 Å². The monoisotopic (exact) mass is 958 g/mol. The van der Waals surface area contributed by atoms with Crippen LogP contribution in [0.1, 0.15) is 141 Å². The van der Waals surface area contributed by atoms with Gasteiger partial charge in [-0.2, -0.15) is 0 Å². The van der Waals surface area contributed by atoms with Crippen LogP contribution in [0.25, 0.3) is 0 Å². The second-order valence-electron chi connectivity index (χ2n) is 22.1. The maximum atomic E-state index is 13.8. The number of hydrogen-bond acceptors (Lipinski definition) is 11. The lowest BCUT2D eigenvalue weighted by Crippen LogP contribution is -2.59. The molecular weight excluding hydrogens is 867 g/mol. The van der Waals surface area contributed by atoms with Crippen LogP contribution >= 0.6 is 0 Å². The number of esters is 2. The Labute approximate surface area is 409 Å². The summed E-state index contributed by atoms with van der Waals surface area (Å²) in [4.78, 5) is 100. The standard InChI is InChI=1S/C28H48N4O5.C24H43N3O4/c1-18(2)22(17-19(3)25(34)32-16-12-14-21(32)27(36)37-9)31(8)26(35)23(28(4,5)6)29-24(33)20-13-10-11-15-30(20)7;1-10-31-23(30)17(4)15-19(16(2)3)27(9)22(29)20(24(5,6)7)25-21(28)18-13-11-12-14-26(18)8/h17-18,20-23H,10-16H2,1-9H3,(H,29,33);15-16,18-20H,10-14H2,1-9H3,(H,25,28)/b19-17+;17-15+/t20?,21?,22-,23-;18?,19-,20-/m11/s1. The molecule has 3 rings (SSSR count). The van der Waals surface area contributed by atoms with Gasteiger partial charge in [0.2, 0.25) is 29.5 Å². The molecule has 3 fully saturated rings. The molecule has 3 saturated heterocycles. The molecule has 7 atom stereocenters. The second kappa shape index (κ2) is 26.6. The van der Waals surface area contributed by atoms with Crippen LogP contribution in [0.5, 0.6) is 0 Å². The van der Waals surface area contributed by atoms with Gasteiger partial charge in [-0.05, 0) is 109 Å². The molecule has 3 heterocycles. The number of nitrogens with one attached hydrogen (secondary N) is 2. The molecule has 3 aliphatic rings. The molecule has 0 radical (unpaired) electrons. The van der Waals surface area contributed by atoms with E-state index in [1.54, 1.807) is 55.6 Å². The molecule has 0 aromatic carbocycles. The van der Waals surface area contributed by atoms with Crippen LogP contribution in [0, 0.1) is 22.7 Å². The molecule has 0 spiro atoms. The highest BCUT2D eigenvalue weighted by molar-refractivity contribution is 5.96. The molecule has 3 unspecified atom stereocenters. The van der Waals surface area contributed by atoms with Crippen molar-refractivity contribution in [2.75, 3.05) is 61.5 Å². The maximum absolute atomic E-state index is 13.8. The van der Waals surface area contributed by atoms with Crippen molar-refractivity contribution in [2.45, 2.75) is 184 Å². The van der Waals surface area contributed by atoms with E-state index in [9.17, 15) is 33.6 Å². The predicted octanol–water partition coefficient (Wildman–Crippen LogP) is 5.59. The lowest BCUT2D eigenvalue weighted by molar-refractivity contribution is -0.149. The average molecular weight is 958 g/mol. The van der Waals surface area contributed by atoms with Gasteiger partial charge in [0, 0.05) is 31.8 Å². The largest absolute Gasteiger partial charge is 0.467 e. The third-order valence-electron chi connectivity index (χ3n) is 13.7. The summed E-state index contributed by atoms with van der Waals surface area (Å²) in [5, 5.41) is 6.10. The highest BCUT2D eigenvalue weighted by Crippen LogP contribution is 2.28. The highest BCUT2D eigenvalue weighted by atomic mass is 16.5. The molecule has 16 nitrogen and oxygen atoms in total. The average Bonchev–Trinajstić information content (AvgIpc) is 3.76. The van der Waals surface area contributed by atoms with Gasteiger partial charge in [0.15, 0.2) is 0 Å². The Morgan fingerprint density at radius 3 is 1.38 bits per heavy atom. The molecule has 68 heavy (non-hydrogen) atoms. The fraction of sp³-hybridized carbons (Fsp3) is 0.788. The minimum Gasteiger partial charge on any atom is -0.467 e. The number of likely N-dealkylation sites (N-methyl/N-ethyl adjacent to an activating group) is 4. The molecule has 0 aromatic rings. The van der Waals surface area contributed by atoms with Gasteiger partial charge in [-0.15, -0.1) is 0 Å². The van der Waals surface area contributed by atoms with Crippen molar-refractivity contribution < 1.29 is 43.0 Å². The summed E-state index contributed by atoms with van der Waals surface area (Å²) in [6, 6.07) is -3.06. The van der Waals surface area contributed by atoms with Crippen LogP contribution in [0.3, 0.4) is 0 Å². The van der Waals surface area contributed by atoms with E-state index in [4.69, 9.17) is 9.47 Å². The van der Waals surface area contributed by atoms with Crippen LogP contribution in [0.2, 0.25) is 0 Å². The van der Waals surface area contributed by atoms with Gasteiger partial charge in [-0.3, -0.25) is 33.8 Å². The first-order chi connectivity index (χ1) is 31.5. The summed E-state index contributed by atoms with van der Waals surface area (Å²) >= 11 is 0. The third-order valence-corrected chi connectivity index (χ3v) is 13.7. The smallest absolute Gasteiger partial charge is 0.333 e. The van der Waals surface area contributed by atoms with Crippen molar-refractivity contribution in [1.82, 2.24) is 35.1 Å². The summed E-state index contributed by atoms with van der Waals surface area (Å²) in [6.45, 7) is 27.5. The van der Waals surface area contributed by atoms with Crippen molar-refractivity contribution in [1.29, 1.82) is 0 Å². The number of methoxy groups -OCH3 is 1. The summed E-state index contributed by atoms with van der Waals surface area (Å²) in [6.07, 6.45) is 10.7. The number of likely N-dealkylation sites (tertiary alicyclic amines) is 3. The van der Waals surface area contributed by atoms with Crippen molar-refractivity contribution in [2.24, 2.45) is 22.7 Å². The van der Waals surface area contributed by atoms with Crippen molar-refractivity contribution in [3.05, 3.63) is 23.3 Å². The fourth-order valence-electron chi connectivity index (χ4n) is 9.30. The minimum atomic E-state index is -0.715. The topological polar surface area (TPSA) is 178 Å². The molecule has 0 aliphatic carbocycles. The quantitative estimate of drug-likeness (QED) is 0.146. The highest BCUT2D eigenvalue weighted by Gasteiger charge is 2.41. The first-order valence-electron chi connectivity index (χ1n) is 25.0. The van der Waals surface area contributed by atoms with E-state index in [1.807, 2.05) is 89.4 Å². The second-order valence-corrected chi connectivity index (χ2v) is 22.1. The van der Waals surface area contributed by atoms with E-state index >= 15 is 0 Å². The van der Waals surface area contributed by atoms with E-state index in [-0.39, 0.29) is 71.5 Å². The van der Waals surface area contributed by atoms with Crippen molar-refractivity contribution in [3.63, 3.8) is 0 Å². The van der Waals surface area contributed by atoms with Gasteiger partial charge in [-0.25, -0.2) is 9.59 Å². The van der Waals surface area contributed by atoms with Crippen LogP contribution in [0.15, 0.2) is 23.3 Å². The lowest BCUT2D eigenvalue weighted by atomic mass is 9.84. The van der Waals surface area contributed by atoms with E-state index in [0.29, 0.717) is 30.7 Å². The first-order valence-corrected chi connectivity index (χ1v) is 25.0. The Kier molecular flexibility index (Phi) is 23.4. The summed E-state index contributed by atoms with van der Waals surface area (Å²) in [7, 11) is 8.71. The molecule has 16 heteroatoms. The number of carbonyl (C=O) groups is 7. The van der Waals surface area contributed by atoms with Crippen molar-refractivity contribution in [3.8, 4) is 0 Å². The SMILES string of the molecule is CCOC(=O)/C(C)=C/[C@H](C(C)C)N(C)C(=O)[C@@H](NC(=O)C1CCCCN1C)C(C)(C)C.COC(=O)C1CCCN1C(=O)/C(C)=C/[C@H](C(C)C)N(C)C(=O)[C@@H](NC(=O)C1CCCCN1C)C(C)(C)C. The molecule has 0 saturated carbocycles. The zero-order valence-electron chi connectivity index (χ0n) is 45.2. The summed E-state index contributed by atoms with van der Waals surface area (Å²) in [5.74, 6) is -1.47. The van der Waals surface area contributed by atoms with E-state index in [1.165, 1.54) is 7.11 Å². The van der Waals surface area contributed by atoms with Crippen LogP contribution in [-0.2, 0) is 43.0 Å². The first kappa shape index (κ1) is 59.8. The van der Waals surface area contributed by atoms with E-state index < -0.39 is 34.9 Å². The van der Waals surface area contributed by atoms with Crippen LogP contribution in [-0.4, -0.2) is 170 Å². The van der Waals surface area contributed by atoms with Gasteiger partial charge in [-0.1, -0.05) is 94.2 Å². The minimum absolute atomic E-state index is 0.0208. The Hall–Kier alpha value is -4.31. The third kappa shape index (κ3) is 16.7.